The summed E-state index contributed by atoms with van der Waals surface area (Å²) in [6, 6.07) is 16.6. The maximum atomic E-state index is 13.3. The van der Waals surface area contributed by atoms with Crippen LogP contribution in [0.15, 0.2) is 59.4 Å². The molecule has 4 rings (SSSR count). The maximum absolute atomic E-state index is 13.3. The summed E-state index contributed by atoms with van der Waals surface area (Å²) in [5, 5.41) is 0. The van der Waals surface area contributed by atoms with Gasteiger partial charge in [0.25, 0.3) is 0 Å². The van der Waals surface area contributed by atoms with Gasteiger partial charge in [0.2, 0.25) is 5.91 Å². The molecule has 1 amide bonds. The Kier molecular flexibility index (Phi) is 5.41. The highest BCUT2D eigenvalue weighted by atomic mass is 32.1. The molecule has 0 saturated carbocycles. The van der Waals surface area contributed by atoms with Gasteiger partial charge in [-0.3, -0.25) is 23.9 Å². The van der Waals surface area contributed by atoms with Crippen molar-refractivity contribution in [3.8, 4) is 5.75 Å². The fourth-order valence-corrected chi connectivity index (χ4v) is 4.74. The summed E-state index contributed by atoms with van der Waals surface area (Å²) < 4.78 is 11.3. The molecule has 1 unspecified atom stereocenters. The molecule has 7 nitrogen and oxygen atoms in total. The highest BCUT2D eigenvalue weighted by molar-refractivity contribution is 7.10. The fraction of sp³-hybridized carbons (Fsp3) is 0.227. The van der Waals surface area contributed by atoms with Crippen LogP contribution in [-0.2, 0) is 20.9 Å². The van der Waals surface area contributed by atoms with Crippen LogP contribution >= 0.6 is 11.3 Å². The molecule has 0 aliphatic carbocycles. The lowest BCUT2D eigenvalue weighted by Gasteiger charge is -2.32. The Morgan fingerprint density at radius 3 is 2.40 bits per heavy atom. The number of amides is 1. The van der Waals surface area contributed by atoms with Gasteiger partial charge in [0.1, 0.15) is 18.1 Å². The number of thiazole rings is 1. The normalized spacial score (nSPS) is 15.6. The zero-order valence-corrected chi connectivity index (χ0v) is 17.3. The number of carbonyl (C=O) groups is 2. The largest absolute Gasteiger partial charge is 0.497 e. The van der Waals surface area contributed by atoms with Gasteiger partial charge in [0, 0.05) is 12.3 Å². The summed E-state index contributed by atoms with van der Waals surface area (Å²) in [6.07, 6.45) is 0.223. The Balaban J connectivity index is 1.90. The van der Waals surface area contributed by atoms with Gasteiger partial charge in [-0.05, 0) is 29.8 Å². The Morgan fingerprint density at radius 2 is 1.77 bits per heavy atom. The summed E-state index contributed by atoms with van der Waals surface area (Å²) >= 11 is 1.06. The number of ether oxygens (including phenoxy) is 2. The molecule has 0 saturated heterocycles. The Morgan fingerprint density at radius 1 is 1.07 bits per heavy atom. The van der Waals surface area contributed by atoms with Crippen LogP contribution in [0.5, 0.6) is 5.75 Å². The number of hydrogen-bond donors (Lipinski definition) is 0. The monoisotopic (exact) mass is 424 g/mol. The maximum Gasteiger partial charge on any atom is 0.325 e. The Labute approximate surface area is 177 Å². The van der Waals surface area contributed by atoms with Gasteiger partial charge in [-0.2, -0.15) is 0 Å². The molecular weight excluding hydrogens is 404 g/mol. The van der Waals surface area contributed by atoms with Crippen molar-refractivity contribution in [3.63, 3.8) is 0 Å². The average Bonchev–Trinajstić information content (AvgIpc) is 3.09. The summed E-state index contributed by atoms with van der Waals surface area (Å²) in [6.45, 7) is -0.261. The van der Waals surface area contributed by atoms with Gasteiger partial charge < -0.3 is 9.47 Å². The number of benzene rings is 2. The van der Waals surface area contributed by atoms with Crippen LogP contribution in [0.3, 0.4) is 0 Å². The lowest BCUT2D eigenvalue weighted by Crippen LogP contribution is -2.36. The first-order valence-electron chi connectivity index (χ1n) is 9.35. The topological polar surface area (TPSA) is 77.8 Å². The number of carbonyl (C=O) groups excluding carboxylic acids is 2. The van der Waals surface area contributed by atoms with Crippen molar-refractivity contribution in [2.24, 2.45) is 0 Å². The first-order chi connectivity index (χ1) is 14.5. The van der Waals surface area contributed by atoms with Gasteiger partial charge in [-0.1, -0.05) is 41.7 Å². The molecule has 0 radical (unpaired) electrons. The third-order valence-electron chi connectivity index (χ3n) is 5.10. The average molecular weight is 424 g/mol. The predicted molar refractivity (Wildman–Crippen MR) is 114 cm³/mol. The number of fused-ring (bicyclic) bond motifs is 1. The van der Waals surface area contributed by atoms with E-state index in [1.807, 2.05) is 30.3 Å². The second-order valence-electron chi connectivity index (χ2n) is 6.81. The van der Waals surface area contributed by atoms with Crippen molar-refractivity contribution in [1.82, 2.24) is 4.57 Å². The zero-order chi connectivity index (χ0) is 21.3. The van der Waals surface area contributed by atoms with Gasteiger partial charge in [-0.25, -0.2) is 0 Å². The zero-order valence-electron chi connectivity index (χ0n) is 16.5. The van der Waals surface area contributed by atoms with E-state index in [9.17, 15) is 14.4 Å². The van der Waals surface area contributed by atoms with Crippen molar-refractivity contribution < 1.29 is 19.1 Å². The minimum atomic E-state index is -0.554. The summed E-state index contributed by atoms with van der Waals surface area (Å²) in [5.41, 5.74) is 1.55. The molecule has 0 N–H and O–H groups in total. The number of hydrogen-bond acceptors (Lipinski definition) is 6. The van der Waals surface area contributed by atoms with Crippen molar-refractivity contribution in [1.29, 1.82) is 0 Å². The molecule has 0 bridgehead atoms. The fourth-order valence-electron chi connectivity index (χ4n) is 3.63. The standard InChI is InChI=1S/C22H20N2O5S/c1-28-16-10-8-15(9-11-16)24-18(25)12-17(14-6-4-3-5-7-14)20-21(24)23(22(27)30-20)13-19(26)29-2/h3-11,17H,12-13H2,1-2H3. The molecule has 8 heteroatoms. The van der Waals surface area contributed by atoms with Gasteiger partial charge >= 0.3 is 10.8 Å². The molecule has 2 aromatic carbocycles. The van der Waals surface area contributed by atoms with E-state index in [1.54, 1.807) is 31.4 Å². The Hall–Kier alpha value is -3.39. The predicted octanol–water partition coefficient (Wildman–Crippen LogP) is 3.29. The van der Waals surface area contributed by atoms with Gasteiger partial charge in [0.05, 0.1) is 24.8 Å². The lowest BCUT2D eigenvalue weighted by molar-refractivity contribution is -0.141. The van der Waals surface area contributed by atoms with E-state index in [0.29, 0.717) is 17.3 Å². The van der Waals surface area contributed by atoms with Crippen LogP contribution in [0.1, 0.15) is 22.8 Å². The first kappa shape index (κ1) is 19.9. The second kappa shape index (κ2) is 8.16. The van der Waals surface area contributed by atoms with Crippen LogP contribution in [0.25, 0.3) is 0 Å². The molecule has 3 aromatic rings. The Bertz CT molecular complexity index is 1130. The smallest absolute Gasteiger partial charge is 0.325 e. The van der Waals surface area contributed by atoms with E-state index < -0.39 is 5.97 Å². The highest BCUT2D eigenvalue weighted by Gasteiger charge is 2.38. The van der Waals surface area contributed by atoms with Gasteiger partial charge in [-0.15, -0.1) is 0 Å². The SMILES string of the molecule is COC(=O)Cn1c2c(sc1=O)C(c1ccccc1)CC(=O)N2c1ccc(OC)cc1. The molecule has 0 spiro atoms. The van der Waals surface area contributed by atoms with E-state index in [4.69, 9.17) is 9.47 Å². The van der Waals surface area contributed by atoms with Crippen LogP contribution in [0.4, 0.5) is 11.5 Å². The molecule has 1 aliphatic heterocycles. The molecular formula is C22H20N2O5S. The summed E-state index contributed by atoms with van der Waals surface area (Å²) in [5.74, 6) is 0.118. The second-order valence-corrected chi connectivity index (χ2v) is 7.81. The van der Waals surface area contributed by atoms with Gasteiger partial charge in [0.15, 0.2) is 0 Å². The number of rotatable bonds is 5. The van der Waals surface area contributed by atoms with Crippen LogP contribution in [-0.4, -0.2) is 30.7 Å². The van der Waals surface area contributed by atoms with Crippen LogP contribution in [0, 0.1) is 0 Å². The number of methoxy groups -OCH3 is 2. The number of aromatic nitrogens is 1. The molecule has 1 aliphatic rings. The van der Waals surface area contributed by atoms with E-state index in [0.717, 1.165) is 21.8 Å². The highest BCUT2D eigenvalue weighted by Crippen LogP contribution is 2.44. The minimum Gasteiger partial charge on any atom is -0.497 e. The third kappa shape index (κ3) is 3.50. The van der Waals surface area contributed by atoms with Crippen molar-refractivity contribution in [3.05, 3.63) is 74.7 Å². The van der Waals surface area contributed by atoms with Crippen LogP contribution in [0.2, 0.25) is 0 Å². The molecule has 1 atom stereocenters. The first-order valence-corrected chi connectivity index (χ1v) is 10.2. The van der Waals surface area contributed by atoms with Crippen LogP contribution < -0.4 is 14.5 Å². The minimum absolute atomic E-state index is 0.155. The van der Waals surface area contributed by atoms with Crippen molar-refractivity contribution >= 4 is 34.7 Å². The molecule has 1 aromatic heterocycles. The summed E-state index contributed by atoms with van der Waals surface area (Å²) in [4.78, 5) is 40.1. The number of nitrogens with zero attached hydrogens (tertiary/aromatic N) is 2. The lowest BCUT2D eigenvalue weighted by atomic mass is 9.90. The van der Waals surface area contributed by atoms with E-state index in [2.05, 4.69) is 0 Å². The summed E-state index contributed by atoms with van der Waals surface area (Å²) in [7, 11) is 2.84. The molecule has 2 heterocycles. The van der Waals surface area contributed by atoms with E-state index in [-0.39, 0.29) is 29.7 Å². The third-order valence-corrected chi connectivity index (χ3v) is 6.18. The molecule has 0 fully saturated rings. The van der Waals surface area contributed by atoms with E-state index >= 15 is 0 Å². The quantitative estimate of drug-likeness (QED) is 0.588. The number of anilines is 2. The number of esters is 1. The molecule has 30 heavy (non-hydrogen) atoms. The van der Waals surface area contributed by atoms with E-state index in [1.165, 1.54) is 16.6 Å². The molecule has 154 valence electrons. The van der Waals surface area contributed by atoms with Crippen molar-refractivity contribution in [2.75, 3.05) is 19.1 Å². The van der Waals surface area contributed by atoms with Crippen molar-refractivity contribution in [2.45, 2.75) is 18.9 Å².